The minimum Gasteiger partial charge on any atom is -0.294 e. The van der Waals surface area contributed by atoms with Gasteiger partial charge < -0.3 is 0 Å². The summed E-state index contributed by atoms with van der Waals surface area (Å²) in [6.45, 7) is 6.36. The Morgan fingerprint density at radius 3 is 2.21 bits per heavy atom. The van der Waals surface area contributed by atoms with Crippen LogP contribution in [0.15, 0.2) is 48.5 Å². The van der Waals surface area contributed by atoms with Crippen LogP contribution in [0.2, 0.25) is 0 Å². The number of hydrogen-bond acceptors (Lipinski definition) is 1. The molecular weight excluding hydrogens is 232 g/mol. The summed E-state index contributed by atoms with van der Waals surface area (Å²) in [4.78, 5) is 12.2. The first kappa shape index (κ1) is 13.5. The van der Waals surface area contributed by atoms with Crippen molar-refractivity contribution in [1.82, 2.24) is 0 Å². The summed E-state index contributed by atoms with van der Waals surface area (Å²) in [5.41, 5.74) is 4.36. The molecule has 0 aromatic heterocycles. The van der Waals surface area contributed by atoms with Gasteiger partial charge in [-0.2, -0.15) is 0 Å². The van der Waals surface area contributed by atoms with Gasteiger partial charge in [0, 0.05) is 12.0 Å². The third kappa shape index (κ3) is 3.31. The van der Waals surface area contributed by atoms with E-state index in [0.29, 0.717) is 12.3 Å². The highest BCUT2D eigenvalue weighted by molar-refractivity contribution is 5.97. The quantitative estimate of drug-likeness (QED) is 0.730. The van der Waals surface area contributed by atoms with Gasteiger partial charge in [-0.3, -0.25) is 4.79 Å². The van der Waals surface area contributed by atoms with Gasteiger partial charge in [-0.1, -0.05) is 62.4 Å². The SMILES string of the molecule is Cc1ccccc1CC(=O)c1ccc(C(C)C)cc1. The molecule has 0 unspecified atom stereocenters. The summed E-state index contributed by atoms with van der Waals surface area (Å²) in [5.74, 6) is 0.685. The van der Waals surface area contributed by atoms with E-state index in [1.54, 1.807) is 0 Å². The molecule has 2 aromatic rings. The second-order valence-corrected chi connectivity index (χ2v) is 5.30. The van der Waals surface area contributed by atoms with Crippen molar-refractivity contribution >= 4 is 5.78 Å². The summed E-state index contributed by atoms with van der Waals surface area (Å²) in [6, 6.07) is 16.0. The number of carbonyl (C=O) groups excluding carboxylic acids is 1. The molecule has 0 aliphatic heterocycles. The molecule has 1 nitrogen and oxygen atoms in total. The molecule has 98 valence electrons. The fourth-order valence-electron chi connectivity index (χ4n) is 2.14. The van der Waals surface area contributed by atoms with Gasteiger partial charge in [0.1, 0.15) is 0 Å². The first-order valence-corrected chi connectivity index (χ1v) is 6.75. The van der Waals surface area contributed by atoms with Crippen LogP contribution in [-0.2, 0) is 6.42 Å². The Balaban J connectivity index is 2.14. The van der Waals surface area contributed by atoms with Gasteiger partial charge in [-0.15, -0.1) is 0 Å². The monoisotopic (exact) mass is 252 g/mol. The maximum Gasteiger partial charge on any atom is 0.167 e. The van der Waals surface area contributed by atoms with Gasteiger partial charge in [0.05, 0.1) is 0 Å². The molecule has 0 saturated heterocycles. The zero-order valence-corrected chi connectivity index (χ0v) is 11.8. The maximum absolute atomic E-state index is 12.2. The molecule has 0 heterocycles. The molecule has 0 radical (unpaired) electrons. The third-order valence-corrected chi connectivity index (χ3v) is 3.51. The molecule has 0 atom stereocenters. The molecular formula is C18H20O. The molecule has 0 bridgehead atoms. The number of rotatable bonds is 4. The molecule has 0 spiro atoms. The van der Waals surface area contributed by atoms with Gasteiger partial charge in [0.15, 0.2) is 5.78 Å². The van der Waals surface area contributed by atoms with E-state index in [4.69, 9.17) is 0 Å². The van der Waals surface area contributed by atoms with Crippen LogP contribution in [0.5, 0.6) is 0 Å². The van der Waals surface area contributed by atoms with Crippen molar-refractivity contribution in [2.75, 3.05) is 0 Å². The van der Waals surface area contributed by atoms with Crippen molar-refractivity contribution in [3.05, 3.63) is 70.8 Å². The van der Waals surface area contributed by atoms with Gasteiger partial charge in [-0.05, 0) is 29.5 Å². The van der Waals surface area contributed by atoms with Crippen LogP contribution in [0.4, 0.5) is 0 Å². The average Bonchev–Trinajstić information content (AvgIpc) is 2.41. The van der Waals surface area contributed by atoms with E-state index in [0.717, 1.165) is 11.1 Å². The Kier molecular flexibility index (Phi) is 4.16. The fraction of sp³-hybridized carbons (Fsp3) is 0.278. The van der Waals surface area contributed by atoms with Crippen LogP contribution in [0.1, 0.15) is 46.8 Å². The summed E-state index contributed by atoms with van der Waals surface area (Å²) in [7, 11) is 0. The highest BCUT2D eigenvalue weighted by Gasteiger charge is 2.09. The molecule has 19 heavy (non-hydrogen) atoms. The highest BCUT2D eigenvalue weighted by Crippen LogP contribution is 2.16. The number of ketones is 1. The van der Waals surface area contributed by atoms with Gasteiger partial charge >= 0.3 is 0 Å². The van der Waals surface area contributed by atoms with Crippen LogP contribution in [0.25, 0.3) is 0 Å². The Hall–Kier alpha value is -1.89. The standard InChI is InChI=1S/C18H20O/c1-13(2)15-8-10-16(11-9-15)18(19)12-17-7-5-4-6-14(17)3/h4-11,13H,12H2,1-3H3. The Morgan fingerprint density at radius 2 is 1.63 bits per heavy atom. The minimum atomic E-state index is 0.185. The largest absolute Gasteiger partial charge is 0.294 e. The smallest absolute Gasteiger partial charge is 0.167 e. The Labute approximate surface area is 115 Å². The van der Waals surface area contributed by atoms with Crippen molar-refractivity contribution in [3.63, 3.8) is 0 Å². The zero-order chi connectivity index (χ0) is 13.8. The molecule has 0 amide bonds. The summed E-state index contributed by atoms with van der Waals surface area (Å²) in [5, 5.41) is 0. The average molecular weight is 252 g/mol. The molecule has 0 N–H and O–H groups in total. The summed E-state index contributed by atoms with van der Waals surface area (Å²) >= 11 is 0. The molecule has 0 aliphatic carbocycles. The van der Waals surface area contributed by atoms with E-state index in [2.05, 4.69) is 26.0 Å². The molecule has 0 fully saturated rings. The summed E-state index contributed by atoms with van der Waals surface area (Å²) < 4.78 is 0. The molecule has 1 heteroatoms. The zero-order valence-electron chi connectivity index (χ0n) is 11.8. The van der Waals surface area contributed by atoms with Crippen molar-refractivity contribution < 1.29 is 4.79 Å². The van der Waals surface area contributed by atoms with E-state index in [9.17, 15) is 4.79 Å². The van der Waals surface area contributed by atoms with Crippen LogP contribution in [-0.4, -0.2) is 5.78 Å². The maximum atomic E-state index is 12.2. The van der Waals surface area contributed by atoms with E-state index in [-0.39, 0.29) is 5.78 Å². The highest BCUT2D eigenvalue weighted by atomic mass is 16.1. The molecule has 0 saturated carbocycles. The molecule has 2 aromatic carbocycles. The topological polar surface area (TPSA) is 17.1 Å². The predicted molar refractivity (Wildman–Crippen MR) is 79.7 cm³/mol. The van der Waals surface area contributed by atoms with Crippen LogP contribution < -0.4 is 0 Å². The van der Waals surface area contributed by atoms with Crippen LogP contribution >= 0.6 is 0 Å². The minimum absolute atomic E-state index is 0.185. The van der Waals surface area contributed by atoms with Crippen molar-refractivity contribution in [2.24, 2.45) is 0 Å². The second-order valence-electron chi connectivity index (χ2n) is 5.30. The lowest BCUT2D eigenvalue weighted by atomic mass is 9.97. The molecule has 2 rings (SSSR count). The van der Waals surface area contributed by atoms with E-state index in [1.165, 1.54) is 11.1 Å². The van der Waals surface area contributed by atoms with Gasteiger partial charge in [0.25, 0.3) is 0 Å². The van der Waals surface area contributed by atoms with Crippen LogP contribution in [0.3, 0.4) is 0 Å². The summed E-state index contributed by atoms with van der Waals surface area (Å²) in [6.07, 6.45) is 0.480. The lowest BCUT2D eigenvalue weighted by Crippen LogP contribution is -2.05. The Bertz CT molecular complexity index is 564. The van der Waals surface area contributed by atoms with Gasteiger partial charge in [0.2, 0.25) is 0 Å². The van der Waals surface area contributed by atoms with Crippen molar-refractivity contribution in [1.29, 1.82) is 0 Å². The third-order valence-electron chi connectivity index (χ3n) is 3.51. The normalized spacial score (nSPS) is 10.7. The number of hydrogen-bond donors (Lipinski definition) is 0. The first-order valence-electron chi connectivity index (χ1n) is 6.75. The molecule has 0 aliphatic rings. The van der Waals surface area contributed by atoms with Gasteiger partial charge in [-0.25, -0.2) is 0 Å². The predicted octanol–water partition coefficient (Wildman–Crippen LogP) is 4.54. The van der Waals surface area contributed by atoms with Crippen molar-refractivity contribution in [2.45, 2.75) is 33.1 Å². The first-order chi connectivity index (χ1) is 9.08. The van der Waals surface area contributed by atoms with Crippen molar-refractivity contribution in [3.8, 4) is 0 Å². The Morgan fingerprint density at radius 1 is 1.00 bits per heavy atom. The fourth-order valence-corrected chi connectivity index (χ4v) is 2.14. The van der Waals surface area contributed by atoms with E-state index >= 15 is 0 Å². The van der Waals surface area contributed by atoms with Crippen LogP contribution in [0, 0.1) is 6.92 Å². The van der Waals surface area contributed by atoms with E-state index in [1.807, 2.05) is 43.3 Å². The number of benzene rings is 2. The number of Topliss-reactive ketones (excluding diaryl/α,β-unsaturated/α-hetero) is 1. The number of aryl methyl sites for hydroxylation is 1. The number of carbonyl (C=O) groups is 1. The second kappa shape index (κ2) is 5.83. The lowest BCUT2D eigenvalue weighted by molar-refractivity contribution is 0.0992. The van der Waals surface area contributed by atoms with E-state index < -0.39 is 0 Å². The lowest BCUT2D eigenvalue weighted by Gasteiger charge is -2.07.